The number of nitrogens with zero attached hydrogens (tertiary/aromatic N) is 2. The lowest BCUT2D eigenvalue weighted by molar-refractivity contribution is -0.385. The van der Waals surface area contributed by atoms with Crippen molar-refractivity contribution in [3.63, 3.8) is 0 Å². The Kier molecular flexibility index (Phi) is 5.03. The summed E-state index contributed by atoms with van der Waals surface area (Å²) >= 11 is 0. The normalized spacial score (nSPS) is 20.0. The van der Waals surface area contributed by atoms with Crippen LogP contribution >= 0.6 is 0 Å². The van der Waals surface area contributed by atoms with Crippen LogP contribution in [0.3, 0.4) is 0 Å². The largest absolute Gasteiger partial charge is 0.330 e. The van der Waals surface area contributed by atoms with Crippen molar-refractivity contribution in [2.24, 2.45) is 11.7 Å². The van der Waals surface area contributed by atoms with E-state index < -0.39 is 10.7 Å². The quantitative estimate of drug-likeness (QED) is 0.664. The number of piperidine rings is 1. The molecular formula is C14H20FN3O2. The first-order valence-electron chi connectivity index (χ1n) is 6.95. The predicted octanol–water partition coefficient (Wildman–Crippen LogP) is 2.29. The molecule has 5 nitrogen and oxygen atoms in total. The van der Waals surface area contributed by atoms with Crippen LogP contribution in [-0.4, -0.2) is 29.5 Å². The van der Waals surface area contributed by atoms with Crippen LogP contribution in [0.2, 0.25) is 0 Å². The van der Waals surface area contributed by atoms with Crippen molar-refractivity contribution in [3.05, 3.63) is 39.7 Å². The molecule has 1 aliphatic rings. The van der Waals surface area contributed by atoms with Gasteiger partial charge in [-0.05, 0) is 44.3 Å². The number of hydrogen-bond acceptors (Lipinski definition) is 4. The van der Waals surface area contributed by atoms with E-state index in [-0.39, 0.29) is 5.69 Å². The van der Waals surface area contributed by atoms with Gasteiger partial charge in [-0.1, -0.05) is 0 Å². The lowest BCUT2D eigenvalue weighted by Crippen LogP contribution is -2.35. The van der Waals surface area contributed by atoms with E-state index in [9.17, 15) is 14.5 Å². The Morgan fingerprint density at radius 2 is 2.30 bits per heavy atom. The van der Waals surface area contributed by atoms with Gasteiger partial charge in [0.2, 0.25) is 0 Å². The molecule has 0 amide bonds. The first-order valence-corrected chi connectivity index (χ1v) is 6.95. The molecule has 0 aliphatic carbocycles. The van der Waals surface area contributed by atoms with Gasteiger partial charge >= 0.3 is 0 Å². The second-order valence-corrected chi connectivity index (χ2v) is 5.35. The molecule has 1 aliphatic heterocycles. The lowest BCUT2D eigenvalue weighted by atomic mass is 9.94. The highest BCUT2D eigenvalue weighted by atomic mass is 19.1. The average Bonchev–Trinajstić information content (AvgIpc) is 2.42. The Labute approximate surface area is 117 Å². The van der Waals surface area contributed by atoms with Crippen molar-refractivity contribution in [2.75, 3.05) is 19.6 Å². The van der Waals surface area contributed by atoms with Crippen LogP contribution in [0.1, 0.15) is 24.8 Å². The number of benzene rings is 1. The van der Waals surface area contributed by atoms with E-state index in [0.717, 1.165) is 32.0 Å². The number of nitrogens with two attached hydrogens (primary N) is 1. The molecule has 1 atom stereocenters. The summed E-state index contributed by atoms with van der Waals surface area (Å²) in [5.41, 5.74) is 5.90. The zero-order chi connectivity index (χ0) is 14.5. The number of non-ortho nitro benzene ring substituents is 1. The highest BCUT2D eigenvalue weighted by Crippen LogP contribution is 2.23. The Bertz CT molecular complexity index is 479. The molecule has 0 bridgehead atoms. The van der Waals surface area contributed by atoms with E-state index >= 15 is 0 Å². The van der Waals surface area contributed by atoms with Crippen molar-refractivity contribution < 1.29 is 9.31 Å². The van der Waals surface area contributed by atoms with E-state index in [0.29, 0.717) is 24.6 Å². The summed E-state index contributed by atoms with van der Waals surface area (Å²) in [4.78, 5) is 12.2. The number of hydrogen-bond donors (Lipinski definition) is 1. The van der Waals surface area contributed by atoms with Gasteiger partial charge in [0.25, 0.3) is 5.69 Å². The maximum absolute atomic E-state index is 13.9. The van der Waals surface area contributed by atoms with E-state index in [1.54, 1.807) is 0 Å². The second-order valence-electron chi connectivity index (χ2n) is 5.35. The minimum absolute atomic E-state index is 0.203. The number of likely N-dealkylation sites (tertiary alicyclic amines) is 1. The Hall–Kier alpha value is -1.53. The van der Waals surface area contributed by atoms with Crippen molar-refractivity contribution in [2.45, 2.75) is 25.8 Å². The molecule has 6 heteroatoms. The number of nitro groups is 1. The Morgan fingerprint density at radius 3 is 2.95 bits per heavy atom. The first kappa shape index (κ1) is 14.9. The number of halogens is 1. The SMILES string of the molecule is NCCC1CCCN(Cc2ccc([N+](=O)[O-])cc2F)C1. The fourth-order valence-corrected chi connectivity index (χ4v) is 2.79. The van der Waals surface area contributed by atoms with E-state index in [4.69, 9.17) is 5.73 Å². The summed E-state index contributed by atoms with van der Waals surface area (Å²) in [7, 11) is 0. The highest BCUT2D eigenvalue weighted by molar-refractivity contribution is 5.34. The van der Waals surface area contributed by atoms with Crippen LogP contribution in [-0.2, 0) is 6.54 Å². The van der Waals surface area contributed by atoms with Crippen LogP contribution in [0.5, 0.6) is 0 Å². The third-order valence-corrected chi connectivity index (χ3v) is 3.82. The van der Waals surface area contributed by atoms with Crippen molar-refractivity contribution in [1.82, 2.24) is 4.90 Å². The predicted molar refractivity (Wildman–Crippen MR) is 74.7 cm³/mol. The smallest absolute Gasteiger partial charge is 0.272 e. The molecule has 1 unspecified atom stereocenters. The summed E-state index contributed by atoms with van der Waals surface area (Å²) in [6.07, 6.45) is 3.27. The van der Waals surface area contributed by atoms with Crippen LogP contribution in [0.4, 0.5) is 10.1 Å². The zero-order valence-corrected chi connectivity index (χ0v) is 11.4. The van der Waals surface area contributed by atoms with Gasteiger partial charge < -0.3 is 5.73 Å². The van der Waals surface area contributed by atoms with E-state index in [1.807, 2.05) is 0 Å². The van der Waals surface area contributed by atoms with Gasteiger partial charge in [0, 0.05) is 24.7 Å². The molecule has 0 spiro atoms. The van der Waals surface area contributed by atoms with Crippen LogP contribution < -0.4 is 5.73 Å². The Morgan fingerprint density at radius 1 is 1.50 bits per heavy atom. The maximum Gasteiger partial charge on any atom is 0.272 e. The van der Waals surface area contributed by atoms with Crippen molar-refractivity contribution in [3.8, 4) is 0 Å². The van der Waals surface area contributed by atoms with Gasteiger partial charge in [-0.2, -0.15) is 0 Å². The van der Waals surface area contributed by atoms with Crippen LogP contribution in [0, 0.1) is 21.8 Å². The van der Waals surface area contributed by atoms with Gasteiger partial charge in [0.05, 0.1) is 11.0 Å². The molecule has 2 rings (SSSR count). The summed E-state index contributed by atoms with van der Waals surface area (Å²) in [6, 6.07) is 3.87. The minimum atomic E-state index is -0.578. The third-order valence-electron chi connectivity index (χ3n) is 3.82. The van der Waals surface area contributed by atoms with Gasteiger partial charge in [-0.25, -0.2) is 4.39 Å². The Balaban J connectivity index is 2.00. The fourth-order valence-electron chi connectivity index (χ4n) is 2.79. The average molecular weight is 281 g/mol. The van der Waals surface area contributed by atoms with Gasteiger partial charge in [0.1, 0.15) is 5.82 Å². The number of rotatable bonds is 5. The monoisotopic (exact) mass is 281 g/mol. The van der Waals surface area contributed by atoms with Crippen molar-refractivity contribution >= 4 is 5.69 Å². The van der Waals surface area contributed by atoms with Gasteiger partial charge in [-0.15, -0.1) is 0 Å². The van der Waals surface area contributed by atoms with Gasteiger partial charge in [0.15, 0.2) is 0 Å². The summed E-state index contributed by atoms with van der Waals surface area (Å²) in [5, 5.41) is 10.6. The molecule has 20 heavy (non-hydrogen) atoms. The summed E-state index contributed by atoms with van der Waals surface area (Å²) < 4.78 is 13.9. The lowest BCUT2D eigenvalue weighted by Gasteiger charge is -2.32. The van der Waals surface area contributed by atoms with Crippen molar-refractivity contribution in [1.29, 1.82) is 0 Å². The molecule has 1 aromatic rings. The van der Waals surface area contributed by atoms with Crippen LogP contribution in [0.15, 0.2) is 18.2 Å². The molecule has 2 N–H and O–H groups in total. The summed E-state index contributed by atoms with van der Waals surface area (Å²) in [5.74, 6) is 0.0787. The molecule has 110 valence electrons. The van der Waals surface area contributed by atoms with E-state index in [1.165, 1.54) is 18.6 Å². The maximum atomic E-state index is 13.9. The molecule has 1 fully saturated rings. The topological polar surface area (TPSA) is 72.4 Å². The molecule has 1 heterocycles. The molecule has 0 radical (unpaired) electrons. The molecule has 1 aromatic carbocycles. The van der Waals surface area contributed by atoms with Gasteiger partial charge in [-0.3, -0.25) is 15.0 Å². The highest BCUT2D eigenvalue weighted by Gasteiger charge is 2.20. The molecule has 1 saturated heterocycles. The fraction of sp³-hybridized carbons (Fsp3) is 0.571. The molecule has 0 saturated carbocycles. The standard InChI is InChI=1S/C14H20FN3O2/c15-14-8-13(18(19)20)4-3-12(14)10-17-7-1-2-11(9-17)5-6-16/h3-4,8,11H,1-2,5-7,9-10,16H2. The molecule has 0 aromatic heterocycles. The number of nitro benzene ring substituents is 1. The minimum Gasteiger partial charge on any atom is -0.330 e. The summed E-state index contributed by atoms with van der Waals surface area (Å²) in [6.45, 7) is 3.06. The first-order chi connectivity index (χ1) is 9.60. The van der Waals surface area contributed by atoms with E-state index in [2.05, 4.69) is 4.90 Å². The van der Waals surface area contributed by atoms with Crippen LogP contribution in [0.25, 0.3) is 0 Å². The second kappa shape index (κ2) is 6.76. The zero-order valence-electron chi connectivity index (χ0n) is 11.4. The third kappa shape index (κ3) is 3.74. The molecular weight excluding hydrogens is 261 g/mol.